The van der Waals surface area contributed by atoms with E-state index in [1.54, 1.807) is 7.11 Å². The molecule has 0 fully saturated rings. The van der Waals surface area contributed by atoms with Gasteiger partial charge in [0.1, 0.15) is 0 Å². The molecular formula is C22H38N4O3. The molecule has 7 heteroatoms. The molecule has 7 nitrogen and oxygen atoms in total. The molecule has 0 aliphatic rings. The lowest BCUT2D eigenvalue weighted by molar-refractivity contribution is -0.128. The van der Waals surface area contributed by atoms with Gasteiger partial charge in [0.25, 0.3) is 0 Å². The van der Waals surface area contributed by atoms with Crippen LogP contribution in [0.4, 0.5) is 0 Å². The Labute approximate surface area is 175 Å². The highest BCUT2D eigenvalue weighted by molar-refractivity contribution is 5.83. The van der Waals surface area contributed by atoms with Crippen LogP contribution in [0, 0.1) is 5.41 Å². The van der Waals surface area contributed by atoms with Gasteiger partial charge < -0.3 is 25.4 Å². The zero-order chi connectivity index (χ0) is 21.7. The van der Waals surface area contributed by atoms with Crippen molar-refractivity contribution < 1.29 is 14.3 Å². The first kappa shape index (κ1) is 24.6. The van der Waals surface area contributed by atoms with Crippen molar-refractivity contribution in [1.82, 2.24) is 16.0 Å². The predicted molar refractivity (Wildman–Crippen MR) is 119 cm³/mol. The van der Waals surface area contributed by atoms with Crippen LogP contribution in [0.5, 0.6) is 11.5 Å². The second kappa shape index (κ2) is 12.9. The van der Waals surface area contributed by atoms with Crippen molar-refractivity contribution in [2.24, 2.45) is 10.4 Å². The minimum atomic E-state index is -0.545. The van der Waals surface area contributed by atoms with Crippen LogP contribution in [-0.2, 0) is 11.2 Å². The number of nitrogens with one attached hydrogen (secondary N) is 3. The third-order valence-corrected chi connectivity index (χ3v) is 4.39. The normalized spacial score (nSPS) is 11.7. The van der Waals surface area contributed by atoms with Crippen LogP contribution >= 0.6 is 0 Å². The average Bonchev–Trinajstić information content (AvgIpc) is 2.70. The number of aryl methyl sites for hydroxylation is 1. The summed E-state index contributed by atoms with van der Waals surface area (Å²) in [6.07, 6.45) is 1.86. The van der Waals surface area contributed by atoms with Gasteiger partial charge in [0, 0.05) is 19.6 Å². The van der Waals surface area contributed by atoms with Crippen molar-refractivity contribution in [3.8, 4) is 11.5 Å². The Morgan fingerprint density at radius 2 is 1.79 bits per heavy atom. The van der Waals surface area contributed by atoms with Crippen LogP contribution in [0.25, 0.3) is 0 Å². The molecule has 0 unspecified atom stereocenters. The van der Waals surface area contributed by atoms with E-state index in [0.717, 1.165) is 43.4 Å². The molecule has 0 aromatic heterocycles. The molecule has 1 aromatic carbocycles. The van der Waals surface area contributed by atoms with Gasteiger partial charge in [0.05, 0.1) is 25.7 Å². The fourth-order valence-corrected chi connectivity index (χ4v) is 2.73. The van der Waals surface area contributed by atoms with Gasteiger partial charge in [-0.3, -0.25) is 9.79 Å². The minimum Gasteiger partial charge on any atom is -0.493 e. The summed E-state index contributed by atoms with van der Waals surface area (Å²) in [5.74, 6) is 2.28. The SMILES string of the molecule is CCNC(=O)C(C)(C)CN=C(NCC)NCCCc1ccc(OC)c(OCC)c1. The van der Waals surface area contributed by atoms with E-state index in [9.17, 15) is 4.79 Å². The van der Waals surface area contributed by atoms with E-state index < -0.39 is 5.41 Å². The van der Waals surface area contributed by atoms with Gasteiger partial charge in [-0.15, -0.1) is 0 Å². The maximum Gasteiger partial charge on any atom is 0.227 e. The van der Waals surface area contributed by atoms with E-state index in [0.29, 0.717) is 19.7 Å². The zero-order valence-corrected chi connectivity index (χ0v) is 18.9. The lowest BCUT2D eigenvalue weighted by atomic mass is 9.92. The molecule has 29 heavy (non-hydrogen) atoms. The molecule has 164 valence electrons. The number of rotatable bonds is 12. The van der Waals surface area contributed by atoms with Crippen molar-refractivity contribution in [1.29, 1.82) is 0 Å². The summed E-state index contributed by atoms with van der Waals surface area (Å²) in [5, 5.41) is 9.45. The third-order valence-electron chi connectivity index (χ3n) is 4.39. The zero-order valence-electron chi connectivity index (χ0n) is 18.9. The van der Waals surface area contributed by atoms with Crippen LogP contribution in [-0.4, -0.2) is 51.8 Å². The Bertz CT molecular complexity index is 659. The second-order valence-electron chi connectivity index (χ2n) is 7.39. The molecule has 0 spiro atoms. The van der Waals surface area contributed by atoms with Gasteiger partial charge in [-0.05, 0) is 65.2 Å². The summed E-state index contributed by atoms with van der Waals surface area (Å²) in [4.78, 5) is 16.7. The monoisotopic (exact) mass is 406 g/mol. The molecule has 1 aromatic rings. The highest BCUT2D eigenvalue weighted by atomic mass is 16.5. The van der Waals surface area contributed by atoms with E-state index in [1.165, 1.54) is 5.56 Å². The molecule has 0 saturated heterocycles. The van der Waals surface area contributed by atoms with Crippen molar-refractivity contribution in [3.63, 3.8) is 0 Å². The summed E-state index contributed by atoms with van der Waals surface area (Å²) in [6, 6.07) is 6.05. The first-order valence-corrected chi connectivity index (χ1v) is 10.5. The van der Waals surface area contributed by atoms with Crippen LogP contribution < -0.4 is 25.4 Å². The molecule has 0 radical (unpaired) electrons. The standard InChI is InChI=1S/C22H38N4O3/c1-7-23-20(27)22(4,5)16-26-21(24-8-2)25-14-10-11-17-12-13-18(28-6)19(15-17)29-9-3/h12-13,15H,7-11,14,16H2,1-6H3,(H,23,27)(H2,24,25,26). The van der Waals surface area contributed by atoms with Crippen molar-refractivity contribution in [2.75, 3.05) is 39.9 Å². The molecule has 0 aliphatic carbocycles. The van der Waals surface area contributed by atoms with E-state index in [1.807, 2.05) is 46.8 Å². The predicted octanol–water partition coefficient (Wildman–Crippen LogP) is 2.74. The molecule has 0 atom stereocenters. The topological polar surface area (TPSA) is 84.0 Å². The quantitative estimate of drug-likeness (QED) is 0.282. The molecule has 0 heterocycles. The molecule has 0 saturated carbocycles. The summed E-state index contributed by atoms with van der Waals surface area (Å²) >= 11 is 0. The van der Waals surface area contributed by atoms with Crippen LogP contribution in [0.3, 0.4) is 0 Å². The van der Waals surface area contributed by atoms with Gasteiger partial charge in [-0.1, -0.05) is 6.07 Å². The molecule has 0 aliphatic heterocycles. The molecule has 1 rings (SSSR count). The van der Waals surface area contributed by atoms with Gasteiger partial charge in [-0.25, -0.2) is 0 Å². The minimum absolute atomic E-state index is 0.0178. The molecule has 3 N–H and O–H groups in total. The smallest absolute Gasteiger partial charge is 0.227 e. The van der Waals surface area contributed by atoms with Crippen molar-refractivity contribution >= 4 is 11.9 Å². The van der Waals surface area contributed by atoms with Gasteiger partial charge in [0.15, 0.2) is 17.5 Å². The van der Waals surface area contributed by atoms with E-state index in [-0.39, 0.29) is 5.91 Å². The Hall–Kier alpha value is -2.44. The molecular weight excluding hydrogens is 368 g/mol. The number of benzene rings is 1. The summed E-state index contributed by atoms with van der Waals surface area (Å²) in [7, 11) is 1.65. The number of aliphatic imine (C=N–C) groups is 1. The summed E-state index contributed by atoms with van der Waals surface area (Å²) < 4.78 is 11.0. The number of amides is 1. The number of hydrogen-bond acceptors (Lipinski definition) is 4. The number of ether oxygens (including phenoxy) is 2. The Morgan fingerprint density at radius 3 is 2.41 bits per heavy atom. The van der Waals surface area contributed by atoms with Crippen LogP contribution in [0.15, 0.2) is 23.2 Å². The number of hydrogen-bond donors (Lipinski definition) is 3. The molecule has 1 amide bonds. The van der Waals surface area contributed by atoms with Gasteiger partial charge >= 0.3 is 0 Å². The second-order valence-corrected chi connectivity index (χ2v) is 7.39. The molecule has 0 bridgehead atoms. The largest absolute Gasteiger partial charge is 0.493 e. The lowest BCUT2D eigenvalue weighted by Gasteiger charge is -2.22. The Morgan fingerprint density at radius 1 is 1.07 bits per heavy atom. The number of methoxy groups -OCH3 is 1. The first-order valence-electron chi connectivity index (χ1n) is 10.5. The maximum atomic E-state index is 12.1. The highest BCUT2D eigenvalue weighted by Gasteiger charge is 2.26. The summed E-state index contributed by atoms with van der Waals surface area (Å²) in [5.41, 5.74) is 0.660. The van der Waals surface area contributed by atoms with Crippen LogP contribution in [0.1, 0.15) is 46.6 Å². The average molecular weight is 407 g/mol. The number of guanidine groups is 1. The number of nitrogens with zero attached hydrogens (tertiary/aromatic N) is 1. The van der Waals surface area contributed by atoms with E-state index >= 15 is 0 Å². The van der Waals surface area contributed by atoms with Crippen molar-refractivity contribution in [3.05, 3.63) is 23.8 Å². The fourth-order valence-electron chi connectivity index (χ4n) is 2.73. The lowest BCUT2D eigenvalue weighted by Crippen LogP contribution is -2.42. The number of carbonyl (C=O) groups is 1. The van der Waals surface area contributed by atoms with Gasteiger partial charge in [0.2, 0.25) is 5.91 Å². The highest BCUT2D eigenvalue weighted by Crippen LogP contribution is 2.28. The first-order chi connectivity index (χ1) is 13.9. The maximum absolute atomic E-state index is 12.1. The van der Waals surface area contributed by atoms with Crippen molar-refractivity contribution in [2.45, 2.75) is 47.5 Å². The fraction of sp³-hybridized carbons (Fsp3) is 0.636. The van der Waals surface area contributed by atoms with Crippen LogP contribution in [0.2, 0.25) is 0 Å². The Kier molecular flexibility index (Phi) is 10.9. The summed E-state index contributed by atoms with van der Waals surface area (Å²) in [6.45, 7) is 12.9. The van der Waals surface area contributed by atoms with E-state index in [2.05, 4.69) is 27.0 Å². The number of carbonyl (C=O) groups excluding carboxylic acids is 1. The third kappa shape index (κ3) is 8.62. The Balaban J connectivity index is 2.58. The van der Waals surface area contributed by atoms with Gasteiger partial charge in [-0.2, -0.15) is 0 Å². The van der Waals surface area contributed by atoms with E-state index in [4.69, 9.17) is 9.47 Å².